The molecule has 1 saturated heterocycles. The molecule has 0 unspecified atom stereocenters. The van der Waals surface area contributed by atoms with Crippen LogP contribution in [0.25, 0.3) is 0 Å². The highest BCUT2D eigenvalue weighted by Crippen LogP contribution is 2.23. The number of aromatic carboxylic acids is 1. The van der Waals surface area contributed by atoms with Gasteiger partial charge in [-0.2, -0.15) is 4.31 Å². The molecular formula is C11H14N2O4S. The molecule has 0 spiro atoms. The Labute approximate surface area is 105 Å². The topological polar surface area (TPSA) is 101 Å². The summed E-state index contributed by atoms with van der Waals surface area (Å²) in [5.41, 5.74) is 5.37. The highest BCUT2D eigenvalue weighted by atomic mass is 32.2. The SMILES string of the molecule is Nc1ccc(S(=O)(=O)N2CCCC2)cc1C(=O)O. The van der Waals surface area contributed by atoms with Gasteiger partial charge in [0, 0.05) is 18.8 Å². The molecule has 7 heteroatoms. The number of rotatable bonds is 3. The third-order valence-corrected chi connectivity index (χ3v) is 4.85. The summed E-state index contributed by atoms with van der Waals surface area (Å²) < 4.78 is 25.8. The molecule has 0 radical (unpaired) electrons. The molecule has 0 saturated carbocycles. The first kappa shape index (κ1) is 12.8. The number of benzene rings is 1. The highest BCUT2D eigenvalue weighted by Gasteiger charge is 2.28. The van der Waals surface area contributed by atoms with Crippen LogP contribution >= 0.6 is 0 Å². The fourth-order valence-corrected chi connectivity index (χ4v) is 3.50. The van der Waals surface area contributed by atoms with Crippen LogP contribution in [0.5, 0.6) is 0 Å². The Bertz CT molecular complexity index is 577. The molecule has 1 fully saturated rings. The van der Waals surface area contributed by atoms with E-state index in [1.165, 1.54) is 16.4 Å². The van der Waals surface area contributed by atoms with Crippen LogP contribution in [0.1, 0.15) is 23.2 Å². The van der Waals surface area contributed by atoms with Crippen molar-refractivity contribution in [2.45, 2.75) is 17.7 Å². The van der Waals surface area contributed by atoms with Gasteiger partial charge in [-0.05, 0) is 31.0 Å². The largest absolute Gasteiger partial charge is 0.478 e. The molecule has 0 aliphatic carbocycles. The number of carbonyl (C=O) groups is 1. The van der Waals surface area contributed by atoms with Gasteiger partial charge in [-0.25, -0.2) is 13.2 Å². The van der Waals surface area contributed by atoms with Crippen molar-refractivity contribution in [3.63, 3.8) is 0 Å². The van der Waals surface area contributed by atoms with Crippen molar-refractivity contribution in [3.8, 4) is 0 Å². The van der Waals surface area contributed by atoms with Crippen molar-refractivity contribution < 1.29 is 18.3 Å². The van der Waals surface area contributed by atoms with Crippen LogP contribution in [0.3, 0.4) is 0 Å². The number of nitrogens with two attached hydrogens (primary N) is 1. The predicted octanol–water partition coefficient (Wildman–Crippen LogP) is 0.751. The van der Waals surface area contributed by atoms with E-state index < -0.39 is 16.0 Å². The summed E-state index contributed by atoms with van der Waals surface area (Å²) >= 11 is 0. The average molecular weight is 270 g/mol. The second kappa shape index (κ2) is 4.58. The molecular weight excluding hydrogens is 256 g/mol. The molecule has 1 aromatic rings. The Morgan fingerprint density at radius 3 is 2.44 bits per heavy atom. The van der Waals surface area contributed by atoms with E-state index in [0.717, 1.165) is 18.9 Å². The molecule has 0 amide bonds. The Morgan fingerprint density at radius 1 is 1.28 bits per heavy atom. The third-order valence-electron chi connectivity index (χ3n) is 2.96. The Hall–Kier alpha value is -1.60. The molecule has 1 aliphatic heterocycles. The summed E-state index contributed by atoms with van der Waals surface area (Å²) in [7, 11) is -3.60. The minimum atomic E-state index is -3.60. The van der Waals surface area contributed by atoms with Gasteiger partial charge in [-0.3, -0.25) is 0 Å². The maximum Gasteiger partial charge on any atom is 0.337 e. The Kier molecular flexibility index (Phi) is 3.27. The smallest absolute Gasteiger partial charge is 0.337 e. The number of anilines is 1. The van der Waals surface area contributed by atoms with Crippen molar-refractivity contribution in [2.75, 3.05) is 18.8 Å². The van der Waals surface area contributed by atoms with Crippen LogP contribution in [0, 0.1) is 0 Å². The van der Waals surface area contributed by atoms with Gasteiger partial charge in [0.25, 0.3) is 0 Å². The van der Waals surface area contributed by atoms with Gasteiger partial charge in [-0.1, -0.05) is 0 Å². The summed E-state index contributed by atoms with van der Waals surface area (Å²) in [6, 6.07) is 3.77. The van der Waals surface area contributed by atoms with Crippen LogP contribution in [0.2, 0.25) is 0 Å². The zero-order chi connectivity index (χ0) is 13.3. The molecule has 0 atom stereocenters. The van der Waals surface area contributed by atoms with E-state index in [9.17, 15) is 13.2 Å². The van der Waals surface area contributed by atoms with E-state index in [-0.39, 0.29) is 16.1 Å². The van der Waals surface area contributed by atoms with Crippen molar-refractivity contribution >= 4 is 21.7 Å². The van der Waals surface area contributed by atoms with E-state index in [1.54, 1.807) is 0 Å². The van der Waals surface area contributed by atoms with Crippen LogP contribution in [0.15, 0.2) is 23.1 Å². The average Bonchev–Trinajstić information content (AvgIpc) is 2.82. The minimum Gasteiger partial charge on any atom is -0.478 e. The fourth-order valence-electron chi connectivity index (χ4n) is 1.96. The van der Waals surface area contributed by atoms with E-state index in [4.69, 9.17) is 10.8 Å². The molecule has 1 aromatic carbocycles. The van der Waals surface area contributed by atoms with E-state index in [0.29, 0.717) is 13.1 Å². The van der Waals surface area contributed by atoms with Crippen molar-refractivity contribution in [2.24, 2.45) is 0 Å². The molecule has 0 aromatic heterocycles. The summed E-state index contributed by atoms with van der Waals surface area (Å²) in [6.45, 7) is 0.963. The lowest BCUT2D eigenvalue weighted by Crippen LogP contribution is -2.28. The summed E-state index contributed by atoms with van der Waals surface area (Å²) in [5.74, 6) is -1.23. The number of carboxylic acids is 1. The van der Waals surface area contributed by atoms with Crippen LogP contribution in [0.4, 0.5) is 5.69 Å². The number of sulfonamides is 1. The maximum absolute atomic E-state index is 12.2. The normalized spacial score (nSPS) is 16.9. The number of nitrogens with zero attached hydrogens (tertiary/aromatic N) is 1. The fraction of sp³-hybridized carbons (Fsp3) is 0.364. The highest BCUT2D eigenvalue weighted by molar-refractivity contribution is 7.89. The molecule has 6 nitrogen and oxygen atoms in total. The first-order valence-electron chi connectivity index (χ1n) is 5.56. The molecule has 3 N–H and O–H groups in total. The van der Waals surface area contributed by atoms with Crippen LogP contribution in [-0.4, -0.2) is 36.9 Å². The minimum absolute atomic E-state index is 0.0176. The van der Waals surface area contributed by atoms with Gasteiger partial charge in [0.15, 0.2) is 0 Å². The van der Waals surface area contributed by atoms with Crippen molar-refractivity contribution in [1.29, 1.82) is 0 Å². The Balaban J connectivity index is 2.45. The lowest BCUT2D eigenvalue weighted by molar-refractivity contribution is 0.0698. The summed E-state index contributed by atoms with van der Waals surface area (Å²) in [6.07, 6.45) is 1.67. The summed E-state index contributed by atoms with van der Waals surface area (Å²) in [4.78, 5) is 10.9. The van der Waals surface area contributed by atoms with E-state index in [1.807, 2.05) is 0 Å². The first-order valence-corrected chi connectivity index (χ1v) is 7.00. The number of hydrogen-bond donors (Lipinski definition) is 2. The molecule has 18 heavy (non-hydrogen) atoms. The van der Waals surface area contributed by atoms with Gasteiger partial charge in [0.1, 0.15) is 0 Å². The van der Waals surface area contributed by atoms with Crippen LogP contribution < -0.4 is 5.73 Å². The summed E-state index contributed by atoms with van der Waals surface area (Å²) in [5, 5.41) is 8.93. The van der Waals surface area contributed by atoms with Crippen molar-refractivity contribution in [1.82, 2.24) is 4.31 Å². The van der Waals surface area contributed by atoms with Gasteiger partial charge >= 0.3 is 5.97 Å². The van der Waals surface area contributed by atoms with Crippen molar-refractivity contribution in [3.05, 3.63) is 23.8 Å². The lowest BCUT2D eigenvalue weighted by atomic mass is 10.2. The van der Waals surface area contributed by atoms with E-state index in [2.05, 4.69) is 0 Å². The predicted molar refractivity (Wildman–Crippen MR) is 65.8 cm³/mol. The second-order valence-electron chi connectivity index (χ2n) is 4.17. The second-order valence-corrected chi connectivity index (χ2v) is 6.10. The Morgan fingerprint density at radius 2 is 1.89 bits per heavy atom. The van der Waals surface area contributed by atoms with E-state index >= 15 is 0 Å². The third kappa shape index (κ3) is 2.19. The molecule has 1 heterocycles. The van der Waals surface area contributed by atoms with Gasteiger partial charge < -0.3 is 10.8 Å². The van der Waals surface area contributed by atoms with Crippen LogP contribution in [-0.2, 0) is 10.0 Å². The number of hydrogen-bond acceptors (Lipinski definition) is 4. The lowest BCUT2D eigenvalue weighted by Gasteiger charge is -2.16. The zero-order valence-electron chi connectivity index (χ0n) is 9.67. The number of carboxylic acid groups (broad SMARTS) is 1. The standard InChI is InChI=1S/C11H14N2O4S/c12-10-4-3-8(7-9(10)11(14)15)18(16,17)13-5-1-2-6-13/h3-4,7H,1-2,5-6,12H2,(H,14,15). The van der Waals surface area contributed by atoms with Gasteiger partial charge in [0.2, 0.25) is 10.0 Å². The van der Waals surface area contributed by atoms with Gasteiger partial charge in [-0.15, -0.1) is 0 Å². The maximum atomic E-state index is 12.2. The molecule has 1 aliphatic rings. The molecule has 98 valence electrons. The monoisotopic (exact) mass is 270 g/mol. The first-order chi connectivity index (χ1) is 8.43. The number of nitrogen functional groups attached to an aromatic ring is 1. The molecule has 0 bridgehead atoms. The zero-order valence-corrected chi connectivity index (χ0v) is 10.5. The molecule has 2 rings (SSSR count). The van der Waals surface area contributed by atoms with Gasteiger partial charge in [0.05, 0.1) is 10.5 Å². The quantitative estimate of drug-likeness (QED) is 0.789.